The van der Waals surface area contributed by atoms with Crippen LogP contribution in [0, 0.1) is 24.1 Å². The number of thiazole rings is 1. The van der Waals surface area contributed by atoms with Gasteiger partial charge in [0.15, 0.2) is 0 Å². The molecular formula is C17H10BrFN2S. The average Bonchev–Trinajstić information content (AvgIpc) is 2.97. The molecule has 22 heavy (non-hydrogen) atoms. The minimum atomic E-state index is -0.500. The van der Waals surface area contributed by atoms with Crippen LogP contribution in [0.4, 0.5) is 4.39 Å². The Labute approximate surface area is 140 Å². The largest absolute Gasteiger partial charge is 0.244 e. The fraction of sp³-hybridized carbons (Fsp3) is 0.0588. The summed E-state index contributed by atoms with van der Waals surface area (Å²) in [5.41, 5.74) is 3.05. The van der Waals surface area contributed by atoms with Gasteiger partial charge >= 0.3 is 0 Å². The maximum atomic E-state index is 13.4. The molecule has 3 aromatic rings. The Morgan fingerprint density at radius 1 is 1.23 bits per heavy atom. The number of nitrogens with zero attached hydrogens (tertiary/aromatic N) is 2. The predicted octanol–water partition coefficient (Wildman–Crippen LogP) is 5.56. The second-order valence-electron chi connectivity index (χ2n) is 4.80. The summed E-state index contributed by atoms with van der Waals surface area (Å²) in [4.78, 5) is 5.37. The van der Waals surface area contributed by atoms with Crippen LogP contribution < -0.4 is 0 Å². The number of rotatable bonds is 2. The van der Waals surface area contributed by atoms with Gasteiger partial charge in [-0.05, 0) is 42.3 Å². The Morgan fingerprint density at radius 3 is 2.77 bits per heavy atom. The lowest BCUT2D eigenvalue weighted by molar-refractivity contribution is 0.624. The Bertz CT molecular complexity index is 896. The summed E-state index contributed by atoms with van der Waals surface area (Å²) in [5.74, 6) is -0.500. The lowest BCUT2D eigenvalue weighted by Crippen LogP contribution is -1.83. The summed E-state index contributed by atoms with van der Waals surface area (Å²) < 4.78 is 14.4. The number of halogens is 2. The molecule has 0 aliphatic carbocycles. The lowest BCUT2D eigenvalue weighted by atomic mass is 10.1. The van der Waals surface area contributed by atoms with Crippen LogP contribution in [0.5, 0.6) is 0 Å². The van der Waals surface area contributed by atoms with Crippen LogP contribution in [-0.2, 0) is 0 Å². The van der Waals surface area contributed by atoms with Gasteiger partial charge in [0.05, 0.1) is 10.4 Å². The van der Waals surface area contributed by atoms with Crippen LogP contribution in [0.2, 0.25) is 0 Å². The van der Waals surface area contributed by atoms with Crippen molar-refractivity contribution in [2.45, 2.75) is 6.92 Å². The summed E-state index contributed by atoms with van der Waals surface area (Å²) in [6, 6.07) is 12.5. The minimum absolute atomic E-state index is 0.0484. The fourth-order valence-electron chi connectivity index (χ4n) is 2.16. The van der Waals surface area contributed by atoms with Gasteiger partial charge in [-0.25, -0.2) is 9.37 Å². The molecule has 2 nitrogen and oxygen atoms in total. The van der Waals surface area contributed by atoms with E-state index in [2.05, 4.69) is 20.9 Å². The molecule has 5 heteroatoms. The highest BCUT2D eigenvalue weighted by molar-refractivity contribution is 9.10. The molecule has 0 amide bonds. The summed E-state index contributed by atoms with van der Waals surface area (Å²) in [7, 11) is 0. The number of hydrogen-bond donors (Lipinski definition) is 0. The zero-order valence-corrected chi connectivity index (χ0v) is 14.0. The first kappa shape index (κ1) is 14.9. The van der Waals surface area contributed by atoms with Crippen LogP contribution in [0.1, 0.15) is 11.1 Å². The summed E-state index contributed by atoms with van der Waals surface area (Å²) in [6.45, 7) is 2.03. The first-order chi connectivity index (χ1) is 10.6. The molecule has 0 aliphatic rings. The van der Waals surface area contributed by atoms with E-state index < -0.39 is 5.82 Å². The van der Waals surface area contributed by atoms with Crippen LogP contribution in [0.3, 0.4) is 0 Å². The van der Waals surface area contributed by atoms with Crippen molar-refractivity contribution in [2.24, 2.45) is 0 Å². The monoisotopic (exact) mass is 372 g/mol. The van der Waals surface area contributed by atoms with Crippen LogP contribution in [-0.4, -0.2) is 4.98 Å². The van der Waals surface area contributed by atoms with E-state index in [9.17, 15) is 4.39 Å². The normalized spacial score (nSPS) is 10.5. The summed E-state index contributed by atoms with van der Waals surface area (Å²) in [5, 5.41) is 9.83. The van der Waals surface area contributed by atoms with E-state index >= 15 is 0 Å². The zero-order chi connectivity index (χ0) is 15.7. The molecule has 3 rings (SSSR count). The Hall–Kier alpha value is -2.03. The van der Waals surface area contributed by atoms with E-state index in [1.807, 2.05) is 31.2 Å². The van der Waals surface area contributed by atoms with E-state index in [0.29, 0.717) is 0 Å². The van der Waals surface area contributed by atoms with Gasteiger partial charge in [-0.3, -0.25) is 0 Å². The third-order valence-electron chi connectivity index (χ3n) is 3.30. The van der Waals surface area contributed by atoms with Crippen molar-refractivity contribution in [1.29, 1.82) is 5.26 Å². The van der Waals surface area contributed by atoms with Gasteiger partial charge in [0, 0.05) is 16.2 Å². The van der Waals surface area contributed by atoms with Crippen molar-refractivity contribution in [3.05, 3.63) is 64.0 Å². The molecule has 0 atom stereocenters. The summed E-state index contributed by atoms with van der Waals surface area (Å²) >= 11 is 4.98. The molecule has 0 fully saturated rings. The molecule has 0 radical (unpaired) electrons. The average molecular weight is 373 g/mol. The van der Waals surface area contributed by atoms with Crippen molar-refractivity contribution < 1.29 is 4.39 Å². The smallest absolute Gasteiger partial charge is 0.140 e. The Kier molecular flexibility index (Phi) is 4.06. The van der Waals surface area contributed by atoms with Crippen LogP contribution in [0.25, 0.3) is 21.0 Å². The second-order valence-corrected chi connectivity index (χ2v) is 6.74. The van der Waals surface area contributed by atoms with Crippen LogP contribution in [0.15, 0.2) is 47.1 Å². The first-order valence-electron chi connectivity index (χ1n) is 6.51. The fourth-order valence-corrected chi connectivity index (χ4v) is 3.64. The maximum absolute atomic E-state index is 13.4. The topological polar surface area (TPSA) is 36.7 Å². The number of nitriles is 1. The van der Waals surface area contributed by atoms with Gasteiger partial charge in [0.25, 0.3) is 0 Å². The SMILES string of the molecule is Cc1cc(Br)ccc1-c1ncc(-c2ccc(F)c(C#N)c2)s1. The second kappa shape index (κ2) is 5.99. The lowest BCUT2D eigenvalue weighted by Gasteiger charge is -2.02. The summed E-state index contributed by atoms with van der Waals surface area (Å²) in [6.07, 6.45) is 1.76. The Morgan fingerprint density at radius 2 is 2.05 bits per heavy atom. The highest BCUT2D eigenvalue weighted by Crippen LogP contribution is 2.34. The van der Waals surface area contributed by atoms with Crippen molar-refractivity contribution in [2.75, 3.05) is 0 Å². The van der Waals surface area contributed by atoms with E-state index in [-0.39, 0.29) is 5.56 Å². The maximum Gasteiger partial charge on any atom is 0.140 e. The molecule has 1 aromatic heterocycles. The van der Waals surface area contributed by atoms with E-state index in [0.717, 1.165) is 31.0 Å². The van der Waals surface area contributed by atoms with E-state index in [4.69, 9.17) is 5.26 Å². The highest BCUT2D eigenvalue weighted by Gasteiger charge is 2.11. The number of benzene rings is 2. The minimum Gasteiger partial charge on any atom is -0.244 e. The molecule has 108 valence electrons. The molecule has 0 unspecified atom stereocenters. The standard InChI is InChI=1S/C17H10BrFN2S/c1-10-6-13(18)3-4-14(10)17-21-9-16(22-17)11-2-5-15(19)12(7-11)8-20/h2-7,9H,1H3. The molecule has 0 aliphatic heterocycles. The molecular weight excluding hydrogens is 363 g/mol. The molecule has 0 spiro atoms. The molecule has 1 heterocycles. The molecule has 0 N–H and O–H groups in total. The van der Waals surface area contributed by atoms with Gasteiger partial charge in [-0.1, -0.05) is 28.1 Å². The third kappa shape index (κ3) is 2.80. The number of hydrogen-bond acceptors (Lipinski definition) is 3. The number of aryl methyl sites for hydroxylation is 1. The van der Waals surface area contributed by atoms with Crippen molar-refractivity contribution in [3.8, 4) is 27.1 Å². The van der Waals surface area contributed by atoms with Crippen molar-refractivity contribution in [1.82, 2.24) is 4.98 Å². The molecule has 0 saturated carbocycles. The molecule has 2 aromatic carbocycles. The quantitative estimate of drug-likeness (QED) is 0.590. The molecule has 0 bridgehead atoms. The number of aromatic nitrogens is 1. The first-order valence-corrected chi connectivity index (χ1v) is 8.12. The predicted molar refractivity (Wildman–Crippen MR) is 90.1 cm³/mol. The van der Waals surface area contributed by atoms with Crippen molar-refractivity contribution >= 4 is 27.3 Å². The van der Waals surface area contributed by atoms with Crippen molar-refractivity contribution in [3.63, 3.8) is 0 Å². The van der Waals surface area contributed by atoms with Gasteiger partial charge < -0.3 is 0 Å². The van der Waals surface area contributed by atoms with Gasteiger partial charge in [-0.2, -0.15) is 5.26 Å². The zero-order valence-electron chi connectivity index (χ0n) is 11.6. The van der Waals surface area contributed by atoms with Gasteiger partial charge in [0.1, 0.15) is 16.9 Å². The van der Waals surface area contributed by atoms with Crippen LogP contribution >= 0.6 is 27.3 Å². The Balaban J connectivity index is 2.02. The van der Waals surface area contributed by atoms with E-state index in [1.54, 1.807) is 18.3 Å². The highest BCUT2D eigenvalue weighted by atomic mass is 79.9. The van der Waals surface area contributed by atoms with Gasteiger partial charge in [-0.15, -0.1) is 11.3 Å². The molecule has 0 saturated heterocycles. The van der Waals surface area contributed by atoms with Gasteiger partial charge in [0.2, 0.25) is 0 Å². The third-order valence-corrected chi connectivity index (χ3v) is 4.87. The van der Waals surface area contributed by atoms with E-state index in [1.165, 1.54) is 17.4 Å².